The fourth-order valence-electron chi connectivity index (χ4n) is 0.842. The zero-order chi connectivity index (χ0) is 11.8. The average molecular weight is 208 g/mol. The molecule has 0 aliphatic heterocycles. The Morgan fingerprint density at radius 2 is 2.13 bits per heavy atom. The van der Waals surface area contributed by atoms with Gasteiger partial charge >= 0.3 is 5.97 Å². The zero-order valence-corrected chi connectivity index (χ0v) is 9.57. The van der Waals surface area contributed by atoms with E-state index in [2.05, 4.69) is 0 Å². The van der Waals surface area contributed by atoms with E-state index >= 15 is 0 Å². The summed E-state index contributed by atoms with van der Waals surface area (Å²) in [6, 6.07) is 1.85. The lowest BCUT2D eigenvalue weighted by molar-refractivity contribution is -0.138. The lowest BCUT2D eigenvalue weighted by Crippen LogP contribution is -2.08. The average Bonchev–Trinajstić information content (AvgIpc) is 2.16. The van der Waals surface area contributed by atoms with Gasteiger partial charge in [0.15, 0.2) is 0 Å². The molecule has 0 saturated carbocycles. The third kappa shape index (κ3) is 4.87. The second kappa shape index (κ2) is 6.66. The Kier molecular flexibility index (Phi) is 5.88. The molecule has 0 aromatic heterocycles. The highest BCUT2D eigenvalue weighted by molar-refractivity contribution is 5.94. The quantitative estimate of drug-likeness (QED) is 0.304. The lowest BCUT2D eigenvalue weighted by Gasteiger charge is -2.04. The van der Waals surface area contributed by atoms with Crippen molar-refractivity contribution in [2.75, 3.05) is 20.7 Å². The Morgan fingerprint density at radius 1 is 1.53 bits per heavy atom. The molecule has 82 valence electrons. The van der Waals surface area contributed by atoms with Crippen molar-refractivity contribution in [3.63, 3.8) is 0 Å². The van der Waals surface area contributed by atoms with Crippen molar-refractivity contribution in [2.24, 2.45) is 0 Å². The smallest absolute Gasteiger partial charge is 0.349 e. The van der Waals surface area contributed by atoms with Crippen LogP contribution in [0.25, 0.3) is 0 Å². The molecule has 0 rings (SSSR count). The molecule has 0 atom stereocenters. The number of hydrogen-bond acceptors (Lipinski definition) is 4. The molecule has 0 spiro atoms. The van der Waals surface area contributed by atoms with Gasteiger partial charge in [-0.05, 0) is 31.7 Å². The van der Waals surface area contributed by atoms with Gasteiger partial charge in [0, 0.05) is 14.1 Å². The predicted molar refractivity (Wildman–Crippen MR) is 57.8 cm³/mol. The van der Waals surface area contributed by atoms with E-state index < -0.39 is 5.97 Å². The summed E-state index contributed by atoms with van der Waals surface area (Å²) in [7, 11) is 3.72. The number of esters is 1. The van der Waals surface area contributed by atoms with Crippen LogP contribution < -0.4 is 0 Å². The van der Waals surface area contributed by atoms with Gasteiger partial charge in [0.25, 0.3) is 0 Å². The number of nitrogens with zero attached hydrogens (tertiary/aromatic N) is 2. The number of allylic oxidation sites excluding steroid dienone is 2. The molecule has 0 saturated heterocycles. The largest absolute Gasteiger partial charge is 0.462 e. The third-order valence-corrected chi connectivity index (χ3v) is 1.61. The van der Waals surface area contributed by atoms with E-state index in [-0.39, 0.29) is 12.2 Å². The number of ether oxygens (including phenoxy) is 1. The fourth-order valence-corrected chi connectivity index (χ4v) is 0.842. The molecule has 0 fully saturated rings. The first-order valence-corrected chi connectivity index (χ1v) is 4.65. The van der Waals surface area contributed by atoms with Crippen molar-refractivity contribution in [1.29, 1.82) is 5.26 Å². The van der Waals surface area contributed by atoms with Crippen LogP contribution in [0.5, 0.6) is 0 Å². The molecule has 4 heteroatoms. The van der Waals surface area contributed by atoms with Gasteiger partial charge in [-0.3, -0.25) is 0 Å². The van der Waals surface area contributed by atoms with E-state index in [0.717, 1.165) is 0 Å². The Hall–Kier alpha value is -1.76. The van der Waals surface area contributed by atoms with Crippen LogP contribution in [0.15, 0.2) is 23.4 Å². The van der Waals surface area contributed by atoms with Crippen molar-refractivity contribution in [1.82, 2.24) is 4.90 Å². The predicted octanol–water partition coefficient (Wildman–Crippen LogP) is 1.46. The summed E-state index contributed by atoms with van der Waals surface area (Å²) in [5.74, 6) is -0.569. The monoisotopic (exact) mass is 208 g/mol. The third-order valence-electron chi connectivity index (χ3n) is 1.61. The van der Waals surface area contributed by atoms with Crippen LogP contribution in [0.3, 0.4) is 0 Å². The van der Waals surface area contributed by atoms with Gasteiger partial charge < -0.3 is 9.64 Å². The van der Waals surface area contributed by atoms with Crippen LogP contribution >= 0.6 is 0 Å². The molecule has 0 aromatic rings. The molecule has 0 N–H and O–H groups in total. The molecule has 15 heavy (non-hydrogen) atoms. The highest BCUT2D eigenvalue weighted by Crippen LogP contribution is 2.07. The highest BCUT2D eigenvalue weighted by atomic mass is 16.5. The number of nitriles is 1. The minimum absolute atomic E-state index is 0.0509. The molecule has 0 heterocycles. The van der Waals surface area contributed by atoms with E-state index in [4.69, 9.17) is 10.00 Å². The summed E-state index contributed by atoms with van der Waals surface area (Å²) < 4.78 is 4.76. The van der Waals surface area contributed by atoms with Crippen LogP contribution in [0.1, 0.15) is 13.8 Å². The van der Waals surface area contributed by atoms with Gasteiger partial charge in [-0.1, -0.05) is 0 Å². The zero-order valence-electron chi connectivity index (χ0n) is 9.57. The standard InChI is InChI=1S/C11H16N2O2/c1-5-15-11(14)10(8-12)9(2)6-7-13(3)4/h6-7H,5H2,1-4H3. The molecule has 4 nitrogen and oxygen atoms in total. The maximum atomic E-state index is 11.3. The molecular formula is C11H16N2O2. The van der Waals surface area contributed by atoms with E-state index in [0.29, 0.717) is 5.57 Å². The molecule has 0 unspecified atom stereocenters. The molecule has 0 amide bonds. The first-order chi connectivity index (χ1) is 7.02. The Balaban J connectivity index is 4.84. The SMILES string of the molecule is CCOC(=O)C(C#N)=C(C)C=CN(C)C. The number of rotatable bonds is 4. The number of carbonyl (C=O) groups is 1. The molecule has 0 aliphatic carbocycles. The first-order valence-electron chi connectivity index (χ1n) is 4.65. The Bertz CT molecular complexity index is 322. The van der Waals surface area contributed by atoms with Crippen LogP contribution in [0, 0.1) is 11.3 Å². The van der Waals surface area contributed by atoms with Gasteiger partial charge in [-0.2, -0.15) is 5.26 Å². The maximum absolute atomic E-state index is 11.3. The second-order valence-corrected chi connectivity index (χ2v) is 3.17. The normalized spacial score (nSPS) is 11.9. The van der Waals surface area contributed by atoms with Crippen LogP contribution in [0.4, 0.5) is 0 Å². The minimum Gasteiger partial charge on any atom is -0.462 e. The summed E-state index contributed by atoms with van der Waals surface area (Å²) in [6.45, 7) is 3.68. The Labute approximate surface area is 90.4 Å². The summed E-state index contributed by atoms with van der Waals surface area (Å²) >= 11 is 0. The topological polar surface area (TPSA) is 53.3 Å². The molecule has 0 aromatic carbocycles. The summed E-state index contributed by atoms with van der Waals surface area (Å²) in [5.41, 5.74) is 0.652. The van der Waals surface area contributed by atoms with E-state index in [1.165, 1.54) is 0 Å². The maximum Gasteiger partial charge on any atom is 0.349 e. The van der Waals surface area contributed by atoms with Gasteiger partial charge in [0.1, 0.15) is 11.6 Å². The van der Waals surface area contributed by atoms with E-state index in [1.807, 2.05) is 25.1 Å². The fraction of sp³-hybridized carbons (Fsp3) is 0.455. The van der Waals surface area contributed by atoms with Crippen LogP contribution in [0.2, 0.25) is 0 Å². The van der Waals surface area contributed by atoms with Gasteiger partial charge in [0.05, 0.1) is 6.61 Å². The molecular weight excluding hydrogens is 192 g/mol. The van der Waals surface area contributed by atoms with Crippen molar-refractivity contribution >= 4 is 5.97 Å². The summed E-state index contributed by atoms with van der Waals surface area (Å²) in [4.78, 5) is 13.1. The number of hydrogen-bond donors (Lipinski definition) is 0. The molecule has 0 aliphatic rings. The molecule has 0 radical (unpaired) electrons. The first kappa shape index (κ1) is 13.2. The van der Waals surface area contributed by atoms with Crippen molar-refractivity contribution in [3.8, 4) is 6.07 Å². The van der Waals surface area contributed by atoms with Crippen LogP contribution in [-0.2, 0) is 9.53 Å². The molecule has 0 bridgehead atoms. The van der Waals surface area contributed by atoms with Crippen molar-refractivity contribution < 1.29 is 9.53 Å². The van der Waals surface area contributed by atoms with E-state index in [1.54, 1.807) is 26.1 Å². The minimum atomic E-state index is -0.569. The summed E-state index contributed by atoms with van der Waals surface area (Å²) in [5, 5.41) is 8.80. The van der Waals surface area contributed by atoms with E-state index in [9.17, 15) is 4.79 Å². The van der Waals surface area contributed by atoms with Gasteiger partial charge in [-0.25, -0.2) is 4.79 Å². The van der Waals surface area contributed by atoms with Gasteiger partial charge in [-0.15, -0.1) is 0 Å². The van der Waals surface area contributed by atoms with Gasteiger partial charge in [0.2, 0.25) is 0 Å². The van der Waals surface area contributed by atoms with Crippen molar-refractivity contribution in [2.45, 2.75) is 13.8 Å². The van der Waals surface area contributed by atoms with Crippen LogP contribution in [-0.4, -0.2) is 31.6 Å². The Morgan fingerprint density at radius 3 is 2.53 bits per heavy atom. The number of carbonyl (C=O) groups excluding carboxylic acids is 1. The lowest BCUT2D eigenvalue weighted by atomic mass is 10.1. The van der Waals surface area contributed by atoms with Crippen molar-refractivity contribution in [3.05, 3.63) is 23.4 Å². The second-order valence-electron chi connectivity index (χ2n) is 3.17. The highest BCUT2D eigenvalue weighted by Gasteiger charge is 2.11. The summed E-state index contributed by atoms with van der Waals surface area (Å²) in [6.07, 6.45) is 3.47.